The van der Waals surface area contributed by atoms with Crippen molar-refractivity contribution in [2.75, 3.05) is 5.32 Å². The number of imidazole rings is 1. The van der Waals surface area contributed by atoms with Gasteiger partial charge in [-0.05, 0) is 36.2 Å². The second-order valence-corrected chi connectivity index (χ2v) is 7.60. The maximum Gasteiger partial charge on any atom is 0.274 e. The summed E-state index contributed by atoms with van der Waals surface area (Å²) in [5.74, 6) is -0.00205. The lowest BCUT2D eigenvalue weighted by atomic mass is 10.1. The van der Waals surface area contributed by atoms with Gasteiger partial charge in [-0.25, -0.2) is 15.0 Å². The van der Waals surface area contributed by atoms with Gasteiger partial charge < -0.3 is 14.5 Å². The molecule has 0 radical (unpaired) electrons. The largest absolute Gasteiger partial charge is 0.473 e. The van der Waals surface area contributed by atoms with E-state index in [0.717, 1.165) is 28.0 Å². The van der Waals surface area contributed by atoms with E-state index in [1.54, 1.807) is 0 Å². The Kier molecular flexibility index (Phi) is 5.51. The van der Waals surface area contributed by atoms with Crippen LogP contribution in [0.15, 0.2) is 91.5 Å². The van der Waals surface area contributed by atoms with E-state index in [1.165, 1.54) is 12.4 Å². The molecule has 3 aromatic heterocycles. The van der Waals surface area contributed by atoms with Gasteiger partial charge in [-0.3, -0.25) is 4.79 Å². The third kappa shape index (κ3) is 4.57. The van der Waals surface area contributed by atoms with Crippen LogP contribution < -0.4 is 10.1 Å². The first kappa shape index (κ1) is 20.4. The number of aromatic nitrogens is 4. The van der Waals surface area contributed by atoms with Gasteiger partial charge in [0.05, 0.1) is 5.69 Å². The fourth-order valence-electron chi connectivity index (χ4n) is 3.52. The first-order valence-corrected chi connectivity index (χ1v) is 10.5. The zero-order valence-corrected chi connectivity index (χ0v) is 18.0. The normalized spacial score (nSPS) is 10.8. The SMILES string of the molecule is Cc1cccn2cc(-c3cccc(NC(=O)c4cc(OCc5ccccc5)ncn4)c3)nc12. The van der Waals surface area contributed by atoms with Crippen molar-refractivity contribution in [2.45, 2.75) is 13.5 Å². The Labute approximate surface area is 190 Å². The molecule has 7 heteroatoms. The van der Waals surface area contributed by atoms with Crippen molar-refractivity contribution < 1.29 is 9.53 Å². The van der Waals surface area contributed by atoms with Gasteiger partial charge in [0.15, 0.2) is 0 Å². The monoisotopic (exact) mass is 435 g/mol. The fraction of sp³-hybridized carbons (Fsp3) is 0.0769. The van der Waals surface area contributed by atoms with E-state index in [2.05, 4.69) is 15.3 Å². The van der Waals surface area contributed by atoms with Crippen molar-refractivity contribution in [1.29, 1.82) is 0 Å². The molecule has 0 aliphatic carbocycles. The summed E-state index contributed by atoms with van der Waals surface area (Å²) in [5.41, 5.74) is 5.64. The molecule has 1 amide bonds. The van der Waals surface area contributed by atoms with Gasteiger partial charge in [-0.2, -0.15) is 0 Å². The van der Waals surface area contributed by atoms with E-state index < -0.39 is 0 Å². The van der Waals surface area contributed by atoms with E-state index in [1.807, 2.05) is 90.4 Å². The molecule has 33 heavy (non-hydrogen) atoms. The van der Waals surface area contributed by atoms with Gasteiger partial charge in [0.1, 0.15) is 24.3 Å². The molecule has 0 aliphatic heterocycles. The number of carbonyl (C=O) groups excluding carboxylic acids is 1. The van der Waals surface area contributed by atoms with Crippen LogP contribution in [0.1, 0.15) is 21.6 Å². The maximum atomic E-state index is 12.8. The van der Waals surface area contributed by atoms with Crippen molar-refractivity contribution in [2.24, 2.45) is 0 Å². The third-order valence-corrected chi connectivity index (χ3v) is 5.20. The average molecular weight is 435 g/mol. The van der Waals surface area contributed by atoms with Crippen LogP contribution in [0.5, 0.6) is 5.88 Å². The van der Waals surface area contributed by atoms with Crippen molar-refractivity contribution in [3.8, 4) is 17.1 Å². The van der Waals surface area contributed by atoms with E-state index in [-0.39, 0.29) is 11.6 Å². The summed E-state index contributed by atoms with van der Waals surface area (Å²) < 4.78 is 7.70. The topological polar surface area (TPSA) is 81.4 Å². The van der Waals surface area contributed by atoms with Crippen molar-refractivity contribution in [3.05, 3.63) is 108 Å². The molecule has 3 heterocycles. The number of fused-ring (bicyclic) bond motifs is 1. The first-order chi connectivity index (χ1) is 16.2. The number of rotatable bonds is 6. The fourth-order valence-corrected chi connectivity index (χ4v) is 3.52. The number of nitrogens with one attached hydrogen (secondary N) is 1. The molecular formula is C26H21N5O2. The van der Waals surface area contributed by atoms with E-state index in [9.17, 15) is 4.79 Å². The summed E-state index contributed by atoms with van der Waals surface area (Å²) in [7, 11) is 0. The smallest absolute Gasteiger partial charge is 0.274 e. The quantitative estimate of drug-likeness (QED) is 0.409. The van der Waals surface area contributed by atoms with Crippen LogP contribution in [0.4, 0.5) is 5.69 Å². The Morgan fingerprint density at radius 3 is 2.73 bits per heavy atom. The zero-order valence-electron chi connectivity index (χ0n) is 18.0. The first-order valence-electron chi connectivity index (χ1n) is 10.5. The second-order valence-electron chi connectivity index (χ2n) is 7.60. The number of benzene rings is 2. The molecule has 0 saturated carbocycles. The molecule has 0 bridgehead atoms. The van der Waals surface area contributed by atoms with Crippen molar-refractivity contribution in [3.63, 3.8) is 0 Å². The molecule has 7 nitrogen and oxygen atoms in total. The van der Waals surface area contributed by atoms with Gasteiger partial charge >= 0.3 is 0 Å². The number of anilines is 1. The maximum absolute atomic E-state index is 12.8. The minimum Gasteiger partial charge on any atom is -0.473 e. The number of pyridine rings is 1. The summed E-state index contributed by atoms with van der Waals surface area (Å²) in [4.78, 5) is 25.7. The Morgan fingerprint density at radius 1 is 1.00 bits per heavy atom. The molecule has 0 atom stereocenters. The van der Waals surface area contributed by atoms with Crippen LogP contribution in [0.3, 0.4) is 0 Å². The Bertz CT molecular complexity index is 1430. The lowest BCUT2D eigenvalue weighted by molar-refractivity contribution is 0.102. The van der Waals surface area contributed by atoms with Gasteiger partial charge in [0.25, 0.3) is 5.91 Å². The van der Waals surface area contributed by atoms with Crippen LogP contribution in [0, 0.1) is 6.92 Å². The summed E-state index contributed by atoms with van der Waals surface area (Å²) in [6.45, 7) is 2.39. The number of aryl methyl sites for hydroxylation is 1. The second kappa shape index (κ2) is 8.92. The molecule has 1 N–H and O–H groups in total. The van der Waals surface area contributed by atoms with E-state index >= 15 is 0 Å². The molecule has 2 aromatic carbocycles. The number of nitrogens with zero attached hydrogens (tertiary/aromatic N) is 4. The Morgan fingerprint density at radius 2 is 1.88 bits per heavy atom. The van der Waals surface area contributed by atoms with Gasteiger partial charge in [0.2, 0.25) is 5.88 Å². The molecule has 5 rings (SSSR count). The van der Waals surface area contributed by atoms with Crippen LogP contribution >= 0.6 is 0 Å². The molecule has 0 spiro atoms. The van der Waals surface area contributed by atoms with Crippen molar-refractivity contribution >= 4 is 17.2 Å². The molecule has 0 fully saturated rings. The van der Waals surface area contributed by atoms with Crippen LogP contribution in [-0.4, -0.2) is 25.3 Å². The highest BCUT2D eigenvalue weighted by molar-refractivity contribution is 6.03. The standard InChI is InChI=1S/C26H21N5O2/c1-18-7-6-12-31-15-23(30-25(18)31)20-10-5-11-21(13-20)29-26(32)22-14-24(28-17-27-22)33-16-19-8-3-2-4-9-19/h2-15,17H,16H2,1H3,(H,29,32). The Balaban J connectivity index is 1.31. The molecule has 0 saturated heterocycles. The molecule has 5 aromatic rings. The highest BCUT2D eigenvalue weighted by Crippen LogP contribution is 2.24. The molecule has 162 valence electrons. The van der Waals surface area contributed by atoms with Crippen LogP contribution in [0.2, 0.25) is 0 Å². The number of amides is 1. The third-order valence-electron chi connectivity index (χ3n) is 5.20. The number of hydrogen-bond donors (Lipinski definition) is 1. The lowest BCUT2D eigenvalue weighted by Gasteiger charge is -2.08. The van der Waals surface area contributed by atoms with Gasteiger partial charge in [-0.15, -0.1) is 0 Å². The molecular weight excluding hydrogens is 414 g/mol. The Hall–Kier alpha value is -4.52. The van der Waals surface area contributed by atoms with Crippen LogP contribution in [0.25, 0.3) is 16.9 Å². The average Bonchev–Trinajstić information content (AvgIpc) is 3.30. The number of carbonyl (C=O) groups is 1. The van der Waals surface area contributed by atoms with Crippen LogP contribution in [-0.2, 0) is 6.61 Å². The van der Waals surface area contributed by atoms with E-state index in [0.29, 0.717) is 18.2 Å². The van der Waals surface area contributed by atoms with E-state index in [4.69, 9.17) is 9.72 Å². The highest BCUT2D eigenvalue weighted by Gasteiger charge is 2.12. The number of ether oxygens (including phenoxy) is 1. The zero-order chi connectivity index (χ0) is 22.6. The predicted molar refractivity (Wildman–Crippen MR) is 126 cm³/mol. The van der Waals surface area contributed by atoms with Gasteiger partial charge in [-0.1, -0.05) is 48.5 Å². The molecule has 0 unspecified atom stereocenters. The predicted octanol–water partition coefficient (Wildman–Crippen LogP) is 4.93. The minimum absolute atomic E-state index is 0.224. The summed E-state index contributed by atoms with van der Waals surface area (Å²) in [5, 5.41) is 2.90. The number of hydrogen-bond acceptors (Lipinski definition) is 5. The highest BCUT2D eigenvalue weighted by atomic mass is 16.5. The minimum atomic E-state index is -0.343. The summed E-state index contributed by atoms with van der Waals surface area (Å²) in [6, 6.07) is 22.9. The summed E-state index contributed by atoms with van der Waals surface area (Å²) >= 11 is 0. The van der Waals surface area contributed by atoms with Crippen molar-refractivity contribution in [1.82, 2.24) is 19.4 Å². The lowest BCUT2D eigenvalue weighted by Crippen LogP contribution is -2.14. The summed E-state index contributed by atoms with van der Waals surface area (Å²) in [6.07, 6.45) is 5.27. The van der Waals surface area contributed by atoms with Gasteiger partial charge in [0, 0.05) is 29.7 Å². The molecule has 0 aliphatic rings.